The second-order valence-electron chi connectivity index (χ2n) is 24.5. The summed E-state index contributed by atoms with van der Waals surface area (Å²) in [6.45, 7) is 6.55. The SMILES string of the molecule is CC/C=C\C/C=C\C/C=C\C/C=C\CCCCCCCCCCCCCCCCC(=O)OCC(COC(=O)CCCCCCC/C=C\CCCC)OC(=O)CCCCCCCCCCCCCCCCCCCCCCCCCCCC. The number of hydrogen-bond acceptors (Lipinski definition) is 6. The standard InChI is InChI=1S/C76H138O6/c1-4-7-10-13-16-19-22-24-26-28-30-32-34-36-38-40-41-43-45-47-49-51-54-57-60-63-66-69-75(78)81-72-73(71-80-74(77)68-65-62-59-56-53-21-18-15-12-9-6-3)82-76(79)70-67-64-61-58-55-52-50-48-46-44-42-39-37-35-33-31-29-27-25-23-20-17-14-11-8-5-2/h7,10,15-16,18-19,24,26,30,32,73H,4-6,8-9,11-14,17,20-23,25,27-29,31,33-72H2,1-3H3/b10-7-,18-15-,19-16-,26-24-,32-30-. The fourth-order valence-corrected chi connectivity index (χ4v) is 10.8. The molecule has 6 nitrogen and oxygen atoms in total. The van der Waals surface area contributed by atoms with Crippen LogP contribution in [0.4, 0.5) is 0 Å². The van der Waals surface area contributed by atoms with Gasteiger partial charge in [0.05, 0.1) is 0 Å². The van der Waals surface area contributed by atoms with Crippen molar-refractivity contribution in [2.75, 3.05) is 13.2 Å². The summed E-state index contributed by atoms with van der Waals surface area (Å²) < 4.78 is 17.0. The number of carbonyl (C=O) groups excluding carboxylic acids is 3. The maximum atomic E-state index is 13.0. The van der Waals surface area contributed by atoms with Crippen LogP contribution >= 0.6 is 0 Å². The van der Waals surface area contributed by atoms with E-state index in [0.717, 1.165) is 89.9 Å². The molecular formula is C76H138O6. The molecule has 0 saturated carbocycles. The Bertz CT molecular complexity index is 1460. The molecule has 0 aromatic heterocycles. The maximum absolute atomic E-state index is 13.0. The van der Waals surface area contributed by atoms with Crippen molar-refractivity contribution in [3.05, 3.63) is 60.8 Å². The van der Waals surface area contributed by atoms with E-state index in [1.54, 1.807) is 0 Å². The van der Waals surface area contributed by atoms with Crippen LogP contribution in [0.25, 0.3) is 0 Å². The Morgan fingerprint density at radius 3 is 0.793 bits per heavy atom. The molecule has 1 unspecified atom stereocenters. The average Bonchev–Trinajstić information content (AvgIpc) is 3.48. The molecule has 0 fully saturated rings. The lowest BCUT2D eigenvalue weighted by molar-refractivity contribution is -0.167. The van der Waals surface area contributed by atoms with E-state index in [4.69, 9.17) is 14.2 Å². The van der Waals surface area contributed by atoms with Crippen LogP contribution in [-0.4, -0.2) is 37.2 Å². The van der Waals surface area contributed by atoms with Gasteiger partial charge in [-0.1, -0.05) is 351 Å². The van der Waals surface area contributed by atoms with Crippen LogP contribution < -0.4 is 0 Å². The van der Waals surface area contributed by atoms with Crippen LogP contribution in [0.5, 0.6) is 0 Å². The van der Waals surface area contributed by atoms with Gasteiger partial charge in [0.2, 0.25) is 0 Å². The zero-order chi connectivity index (χ0) is 59.2. The van der Waals surface area contributed by atoms with E-state index in [9.17, 15) is 14.4 Å². The molecule has 0 N–H and O–H groups in total. The van der Waals surface area contributed by atoms with Crippen molar-refractivity contribution in [3.8, 4) is 0 Å². The van der Waals surface area contributed by atoms with E-state index >= 15 is 0 Å². The van der Waals surface area contributed by atoms with E-state index < -0.39 is 6.10 Å². The Kier molecular flexibility index (Phi) is 68.1. The molecule has 478 valence electrons. The maximum Gasteiger partial charge on any atom is 0.306 e. The Hall–Kier alpha value is -2.89. The van der Waals surface area contributed by atoms with Crippen molar-refractivity contribution in [3.63, 3.8) is 0 Å². The highest BCUT2D eigenvalue weighted by Crippen LogP contribution is 2.19. The van der Waals surface area contributed by atoms with Crippen molar-refractivity contribution >= 4 is 17.9 Å². The van der Waals surface area contributed by atoms with Gasteiger partial charge in [-0.05, 0) is 77.0 Å². The Morgan fingerprint density at radius 2 is 0.488 bits per heavy atom. The number of unbranched alkanes of at least 4 members (excludes halogenated alkanes) is 46. The number of ether oxygens (including phenoxy) is 3. The van der Waals surface area contributed by atoms with Gasteiger partial charge in [0, 0.05) is 19.3 Å². The highest BCUT2D eigenvalue weighted by molar-refractivity contribution is 5.71. The summed E-state index contributed by atoms with van der Waals surface area (Å²) in [4.78, 5) is 38.4. The smallest absolute Gasteiger partial charge is 0.306 e. The third kappa shape index (κ3) is 67.9. The predicted octanol–water partition coefficient (Wildman–Crippen LogP) is 25.1. The molecule has 0 aliphatic carbocycles. The molecule has 1 atom stereocenters. The number of carbonyl (C=O) groups is 3. The molecule has 0 rings (SSSR count). The fourth-order valence-electron chi connectivity index (χ4n) is 10.8. The van der Waals surface area contributed by atoms with Gasteiger partial charge >= 0.3 is 17.9 Å². The first kappa shape index (κ1) is 79.1. The highest BCUT2D eigenvalue weighted by Gasteiger charge is 2.19. The van der Waals surface area contributed by atoms with Crippen molar-refractivity contribution in [1.82, 2.24) is 0 Å². The molecule has 0 radical (unpaired) electrons. The molecule has 0 aromatic carbocycles. The topological polar surface area (TPSA) is 78.9 Å². The molecule has 0 bridgehead atoms. The number of rotatable bonds is 67. The largest absolute Gasteiger partial charge is 0.462 e. The van der Waals surface area contributed by atoms with Crippen LogP contribution in [-0.2, 0) is 28.6 Å². The summed E-state index contributed by atoms with van der Waals surface area (Å²) in [6, 6.07) is 0. The first-order chi connectivity index (χ1) is 40.5. The summed E-state index contributed by atoms with van der Waals surface area (Å²) in [5.74, 6) is -0.858. The lowest BCUT2D eigenvalue weighted by Crippen LogP contribution is -2.30. The Labute approximate surface area is 510 Å². The lowest BCUT2D eigenvalue weighted by Gasteiger charge is -2.18. The number of allylic oxidation sites excluding steroid dienone is 10. The molecule has 0 saturated heterocycles. The molecular weight excluding hydrogens is 1010 g/mol. The zero-order valence-corrected chi connectivity index (χ0v) is 55.0. The quantitative estimate of drug-likeness (QED) is 0.0261. The van der Waals surface area contributed by atoms with Gasteiger partial charge in [0.1, 0.15) is 13.2 Å². The molecule has 6 heteroatoms. The summed E-state index contributed by atoms with van der Waals surface area (Å²) in [5, 5.41) is 0. The predicted molar refractivity (Wildman–Crippen MR) is 358 cm³/mol. The molecule has 0 amide bonds. The minimum absolute atomic E-state index is 0.0725. The van der Waals surface area contributed by atoms with Crippen molar-refractivity contribution < 1.29 is 28.6 Å². The lowest BCUT2D eigenvalue weighted by atomic mass is 10.0. The Morgan fingerprint density at radius 1 is 0.256 bits per heavy atom. The van der Waals surface area contributed by atoms with Gasteiger partial charge in [-0.3, -0.25) is 14.4 Å². The monoisotopic (exact) mass is 1150 g/mol. The van der Waals surface area contributed by atoms with Crippen molar-refractivity contribution in [1.29, 1.82) is 0 Å². The summed E-state index contributed by atoms with van der Waals surface area (Å²) in [7, 11) is 0. The van der Waals surface area contributed by atoms with Crippen LogP contribution in [0, 0.1) is 0 Å². The molecule has 0 heterocycles. The average molecular weight is 1150 g/mol. The second kappa shape index (κ2) is 70.6. The van der Waals surface area contributed by atoms with Crippen LogP contribution in [0.3, 0.4) is 0 Å². The summed E-state index contributed by atoms with van der Waals surface area (Å²) in [5.41, 5.74) is 0. The van der Waals surface area contributed by atoms with E-state index in [-0.39, 0.29) is 31.1 Å². The van der Waals surface area contributed by atoms with Gasteiger partial charge in [-0.25, -0.2) is 0 Å². The first-order valence-corrected chi connectivity index (χ1v) is 36.3. The van der Waals surface area contributed by atoms with Gasteiger partial charge in [0.25, 0.3) is 0 Å². The summed E-state index contributed by atoms with van der Waals surface area (Å²) in [6.07, 6.45) is 91.3. The fraction of sp³-hybridized carbons (Fsp3) is 0.829. The van der Waals surface area contributed by atoms with E-state index in [0.29, 0.717) is 19.3 Å². The molecule has 0 aromatic rings. The van der Waals surface area contributed by atoms with E-state index in [1.165, 1.54) is 257 Å². The van der Waals surface area contributed by atoms with Gasteiger partial charge in [-0.2, -0.15) is 0 Å². The van der Waals surface area contributed by atoms with Crippen LogP contribution in [0.1, 0.15) is 387 Å². The van der Waals surface area contributed by atoms with Gasteiger partial charge < -0.3 is 14.2 Å². The van der Waals surface area contributed by atoms with E-state index in [2.05, 4.69) is 81.5 Å². The minimum Gasteiger partial charge on any atom is -0.462 e. The normalized spacial score (nSPS) is 12.4. The zero-order valence-electron chi connectivity index (χ0n) is 55.0. The molecule has 82 heavy (non-hydrogen) atoms. The minimum atomic E-state index is -0.776. The molecule has 0 spiro atoms. The molecule has 0 aliphatic rings. The van der Waals surface area contributed by atoms with Crippen LogP contribution in [0.2, 0.25) is 0 Å². The van der Waals surface area contributed by atoms with Crippen molar-refractivity contribution in [2.24, 2.45) is 0 Å². The van der Waals surface area contributed by atoms with Crippen molar-refractivity contribution in [2.45, 2.75) is 393 Å². The van der Waals surface area contributed by atoms with Gasteiger partial charge in [0.15, 0.2) is 6.10 Å². The van der Waals surface area contributed by atoms with E-state index in [1.807, 2.05) is 0 Å². The third-order valence-corrected chi connectivity index (χ3v) is 16.3. The van der Waals surface area contributed by atoms with Gasteiger partial charge in [-0.15, -0.1) is 0 Å². The Balaban J connectivity index is 4.16. The molecule has 0 aliphatic heterocycles. The first-order valence-electron chi connectivity index (χ1n) is 36.3. The number of esters is 3. The highest BCUT2D eigenvalue weighted by atomic mass is 16.6. The third-order valence-electron chi connectivity index (χ3n) is 16.3. The number of hydrogen-bond donors (Lipinski definition) is 0. The second-order valence-corrected chi connectivity index (χ2v) is 24.5. The summed E-state index contributed by atoms with van der Waals surface area (Å²) >= 11 is 0. The van der Waals surface area contributed by atoms with Crippen LogP contribution in [0.15, 0.2) is 60.8 Å².